The smallest absolute Gasteiger partial charge is 0.418 e. The molecule has 1 heterocycles. The van der Waals surface area contributed by atoms with E-state index in [0.717, 1.165) is 5.82 Å². The summed E-state index contributed by atoms with van der Waals surface area (Å²) >= 11 is 0. The van der Waals surface area contributed by atoms with Gasteiger partial charge in [0, 0.05) is 6.92 Å². The summed E-state index contributed by atoms with van der Waals surface area (Å²) < 4.78 is 43.0. The predicted molar refractivity (Wildman–Crippen MR) is 47.6 cm³/mol. The minimum Gasteiger partial charge on any atom is -0.418 e. The van der Waals surface area contributed by atoms with Crippen LogP contribution in [0.3, 0.4) is 0 Å². The SMILES string of the molecule is Cc1n(CCO)cc[n+]1C.F[B-](F)(F)F. The van der Waals surface area contributed by atoms with E-state index < -0.39 is 7.25 Å². The molecule has 0 aliphatic carbocycles. The molecule has 1 aromatic rings. The summed E-state index contributed by atoms with van der Waals surface area (Å²) in [6.45, 7) is 2.91. The molecular weight excluding hydrogens is 215 g/mol. The number of halogens is 4. The Bertz CT molecular complexity index is 294. The third-order valence-corrected chi connectivity index (χ3v) is 1.74. The highest BCUT2D eigenvalue weighted by molar-refractivity contribution is 6.50. The Labute approximate surface area is 85.1 Å². The second-order valence-electron chi connectivity index (χ2n) is 2.87. The van der Waals surface area contributed by atoms with Gasteiger partial charge in [-0.2, -0.15) is 0 Å². The van der Waals surface area contributed by atoms with Crippen molar-refractivity contribution < 1.29 is 26.9 Å². The summed E-state index contributed by atoms with van der Waals surface area (Å²) in [4.78, 5) is 0. The van der Waals surface area contributed by atoms with Crippen molar-refractivity contribution in [3.8, 4) is 0 Å². The van der Waals surface area contributed by atoms with E-state index in [1.807, 2.05) is 35.5 Å². The summed E-state index contributed by atoms with van der Waals surface area (Å²) in [5.41, 5.74) is 0. The van der Waals surface area contributed by atoms with Gasteiger partial charge >= 0.3 is 7.25 Å². The molecule has 0 unspecified atom stereocenters. The summed E-state index contributed by atoms with van der Waals surface area (Å²) in [5, 5.41) is 8.62. The predicted octanol–water partition coefficient (Wildman–Crippen LogP) is 0.913. The number of hydrogen-bond donors (Lipinski definition) is 1. The first-order valence-electron chi connectivity index (χ1n) is 4.25. The Hall–Kier alpha value is -1.05. The van der Waals surface area contributed by atoms with E-state index in [9.17, 15) is 17.3 Å². The van der Waals surface area contributed by atoms with Gasteiger partial charge in [0.2, 0.25) is 0 Å². The first-order chi connectivity index (χ1) is 6.75. The van der Waals surface area contributed by atoms with E-state index in [0.29, 0.717) is 6.54 Å². The molecule has 0 aliphatic rings. The van der Waals surface area contributed by atoms with Crippen molar-refractivity contribution in [2.45, 2.75) is 13.5 Å². The van der Waals surface area contributed by atoms with Crippen molar-refractivity contribution in [3.05, 3.63) is 18.2 Å². The van der Waals surface area contributed by atoms with Gasteiger partial charge in [-0.05, 0) is 0 Å². The van der Waals surface area contributed by atoms with Crippen LogP contribution >= 0.6 is 0 Å². The van der Waals surface area contributed by atoms with Crippen molar-refractivity contribution in [3.63, 3.8) is 0 Å². The minimum absolute atomic E-state index is 0.204. The number of rotatable bonds is 2. The summed E-state index contributed by atoms with van der Waals surface area (Å²) in [5.74, 6) is 1.16. The number of aryl methyl sites for hydroxylation is 1. The van der Waals surface area contributed by atoms with E-state index in [1.54, 1.807) is 0 Å². The molecule has 0 aliphatic heterocycles. The fourth-order valence-electron chi connectivity index (χ4n) is 0.943. The Morgan fingerprint density at radius 2 is 1.87 bits per heavy atom. The monoisotopic (exact) mass is 228 g/mol. The molecule has 0 saturated carbocycles. The maximum absolute atomic E-state index is 9.75. The Morgan fingerprint density at radius 1 is 1.40 bits per heavy atom. The molecule has 3 nitrogen and oxygen atoms in total. The van der Waals surface area contributed by atoms with Crippen LogP contribution < -0.4 is 4.57 Å². The molecule has 0 aromatic carbocycles. The number of aromatic nitrogens is 2. The lowest BCUT2D eigenvalue weighted by atomic mass is 10.3. The standard InChI is InChI=1S/C7H13N2O.BF4/c1-7-8(2)3-4-9(7)5-6-10;2-1(3,4)5/h3-4,10H,5-6H2,1-2H3;/q+1;-1. The van der Waals surface area contributed by atoms with E-state index >= 15 is 0 Å². The van der Waals surface area contributed by atoms with Crippen LogP contribution in [-0.2, 0) is 13.6 Å². The fourth-order valence-corrected chi connectivity index (χ4v) is 0.943. The highest BCUT2D eigenvalue weighted by atomic mass is 19.5. The number of aliphatic hydroxyl groups is 1. The van der Waals surface area contributed by atoms with Crippen LogP contribution in [0.1, 0.15) is 5.82 Å². The molecule has 15 heavy (non-hydrogen) atoms. The third kappa shape index (κ3) is 6.95. The van der Waals surface area contributed by atoms with Crippen LogP contribution in [0, 0.1) is 6.92 Å². The normalized spacial score (nSPS) is 10.9. The van der Waals surface area contributed by atoms with Gasteiger partial charge in [-0.3, -0.25) is 0 Å². The zero-order valence-electron chi connectivity index (χ0n) is 8.50. The quantitative estimate of drug-likeness (QED) is 0.455. The molecule has 0 spiro atoms. The van der Waals surface area contributed by atoms with E-state index in [1.165, 1.54) is 0 Å². The highest BCUT2D eigenvalue weighted by Crippen LogP contribution is 2.06. The van der Waals surface area contributed by atoms with Crippen LogP contribution in [0.15, 0.2) is 12.4 Å². The van der Waals surface area contributed by atoms with Crippen molar-refractivity contribution in [1.82, 2.24) is 4.57 Å². The van der Waals surface area contributed by atoms with E-state index in [2.05, 4.69) is 0 Å². The van der Waals surface area contributed by atoms with Gasteiger partial charge < -0.3 is 22.4 Å². The minimum atomic E-state index is -6.00. The Kier molecular flexibility index (Phi) is 5.34. The number of nitrogens with zero attached hydrogens (tertiary/aromatic N) is 2. The van der Waals surface area contributed by atoms with Gasteiger partial charge in [0.1, 0.15) is 18.9 Å². The molecule has 0 saturated heterocycles. The first-order valence-corrected chi connectivity index (χ1v) is 4.25. The fraction of sp³-hybridized carbons (Fsp3) is 0.571. The molecule has 8 heteroatoms. The number of hydrogen-bond acceptors (Lipinski definition) is 1. The third-order valence-electron chi connectivity index (χ3n) is 1.74. The number of aliphatic hydroxyl groups excluding tert-OH is 1. The average molecular weight is 228 g/mol. The molecule has 1 aromatic heterocycles. The molecule has 1 N–H and O–H groups in total. The van der Waals surface area contributed by atoms with E-state index in [4.69, 9.17) is 5.11 Å². The molecule has 0 amide bonds. The number of imidazole rings is 1. The molecular formula is C7H13BF4N2O. The van der Waals surface area contributed by atoms with Crippen LogP contribution in [0.25, 0.3) is 0 Å². The summed E-state index contributed by atoms with van der Waals surface area (Å²) in [6, 6.07) is 0. The molecule has 88 valence electrons. The van der Waals surface area contributed by atoms with Gasteiger partial charge in [-0.25, -0.2) is 9.13 Å². The second-order valence-corrected chi connectivity index (χ2v) is 2.87. The Morgan fingerprint density at radius 3 is 2.13 bits per heavy atom. The molecule has 1 rings (SSSR count). The maximum atomic E-state index is 9.75. The molecule has 0 fully saturated rings. The van der Waals surface area contributed by atoms with Gasteiger partial charge in [-0.15, -0.1) is 0 Å². The first kappa shape index (κ1) is 14.0. The van der Waals surface area contributed by atoms with Crippen molar-refractivity contribution >= 4 is 7.25 Å². The Balaban J connectivity index is 0.000000336. The average Bonchev–Trinajstić information content (AvgIpc) is 2.34. The maximum Gasteiger partial charge on any atom is 0.673 e. The van der Waals surface area contributed by atoms with Crippen molar-refractivity contribution in [1.29, 1.82) is 0 Å². The largest absolute Gasteiger partial charge is 0.673 e. The zero-order valence-corrected chi connectivity index (χ0v) is 8.50. The van der Waals surface area contributed by atoms with Crippen LogP contribution in [-0.4, -0.2) is 23.5 Å². The van der Waals surface area contributed by atoms with Gasteiger partial charge in [0.15, 0.2) is 0 Å². The van der Waals surface area contributed by atoms with Crippen molar-refractivity contribution in [2.75, 3.05) is 6.61 Å². The molecule has 0 atom stereocenters. The van der Waals surface area contributed by atoms with Crippen molar-refractivity contribution in [2.24, 2.45) is 7.05 Å². The lowest BCUT2D eigenvalue weighted by Crippen LogP contribution is -2.29. The van der Waals surface area contributed by atoms with Gasteiger partial charge in [0.05, 0.1) is 13.7 Å². The van der Waals surface area contributed by atoms with Gasteiger partial charge in [-0.1, -0.05) is 0 Å². The summed E-state index contributed by atoms with van der Waals surface area (Å²) in [6.07, 6.45) is 3.94. The van der Waals surface area contributed by atoms with E-state index in [-0.39, 0.29) is 6.61 Å². The van der Waals surface area contributed by atoms with Gasteiger partial charge in [0.25, 0.3) is 5.82 Å². The summed E-state index contributed by atoms with van der Waals surface area (Å²) in [7, 11) is -4.01. The topological polar surface area (TPSA) is 29.0 Å². The molecule has 0 bridgehead atoms. The highest BCUT2D eigenvalue weighted by Gasteiger charge is 2.20. The zero-order chi connectivity index (χ0) is 12.1. The van der Waals surface area contributed by atoms with Crippen LogP contribution in [0.2, 0.25) is 0 Å². The second kappa shape index (κ2) is 5.74. The lowest BCUT2D eigenvalue weighted by molar-refractivity contribution is -0.677. The molecule has 0 radical (unpaired) electrons. The van der Waals surface area contributed by atoms with Crippen LogP contribution in [0.5, 0.6) is 0 Å². The lowest BCUT2D eigenvalue weighted by Gasteiger charge is -1.94. The van der Waals surface area contributed by atoms with Crippen LogP contribution in [0.4, 0.5) is 17.3 Å².